The average Bonchev–Trinajstić information content (AvgIpc) is 3.30. The zero-order valence-electron chi connectivity index (χ0n) is 15.0. The zero-order chi connectivity index (χ0) is 19.3. The van der Waals surface area contributed by atoms with Gasteiger partial charge < -0.3 is 15.2 Å². The van der Waals surface area contributed by atoms with Crippen molar-refractivity contribution < 1.29 is 14.3 Å². The minimum absolute atomic E-state index is 0.197. The lowest BCUT2D eigenvalue weighted by Crippen LogP contribution is -2.46. The number of carbonyl (C=O) groups excluding carboxylic acids is 1. The molecule has 1 saturated heterocycles. The van der Waals surface area contributed by atoms with Crippen molar-refractivity contribution in [1.29, 1.82) is 0 Å². The fourth-order valence-electron chi connectivity index (χ4n) is 3.56. The molecule has 0 radical (unpaired) electrons. The number of anilines is 1. The van der Waals surface area contributed by atoms with E-state index in [0.717, 1.165) is 11.1 Å². The Bertz CT molecular complexity index is 1050. The van der Waals surface area contributed by atoms with Gasteiger partial charge in [0.1, 0.15) is 30.2 Å². The standard InChI is InChI=1S/C18H17N7O3/c1-24-17(21-22-23-24)12-4-2-11(8-20-12)10-3-5-13-15(6-10)27-9-14-16(7-19)28-18(26)25(13)14/h2-6,8,14,16H,7,9,19H2,1H3/t14-,16-/m0/s1. The van der Waals surface area contributed by atoms with Gasteiger partial charge in [-0.1, -0.05) is 12.1 Å². The Labute approximate surface area is 159 Å². The molecule has 5 rings (SSSR count). The second kappa shape index (κ2) is 6.27. The number of pyridine rings is 1. The molecule has 142 valence electrons. The van der Waals surface area contributed by atoms with E-state index in [4.69, 9.17) is 15.2 Å². The average molecular weight is 379 g/mol. The van der Waals surface area contributed by atoms with E-state index < -0.39 is 0 Å². The Morgan fingerprint density at radius 3 is 2.82 bits per heavy atom. The number of fused-ring (bicyclic) bond motifs is 3. The van der Waals surface area contributed by atoms with Crippen LogP contribution in [0.5, 0.6) is 5.75 Å². The van der Waals surface area contributed by atoms with Gasteiger partial charge in [-0.15, -0.1) is 5.10 Å². The van der Waals surface area contributed by atoms with Gasteiger partial charge in [0, 0.05) is 25.4 Å². The molecular formula is C18H17N7O3. The summed E-state index contributed by atoms with van der Waals surface area (Å²) in [6.45, 7) is 0.614. The highest BCUT2D eigenvalue weighted by Gasteiger charge is 2.45. The molecule has 2 aliphatic rings. The van der Waals surface area contributed by atoms with E-state index in [2.05, 4.69) is 20.5 Å². The Morgan fingerprint density at radius 1 is 1.25 bits per heavy atom. The summed E-state index contributed by atoms with van der Waals surface area (Å²) in [6, 6.07) is 9.29. The van der Waals surface area contributed by atoms with Gasteiger partial charge in [0.15, 0.2) is 5.82 Å². The minimum atomic E-state index is -0.388. The van der Waals surface area contributed by atoms with E-state index >= 15 is 0 Å². The van der Waals surface area contributed by atoms with Crippen LogP contribution in [0.15, 0.2) is 36.5 Å². The number of hydrogen-bond acceptors (Lipinski definition) is 8. The maximum absolute atomic E-state index is 12.2. The van der Waals surface area contributed by atoms with Gasteiger partial charge in [0.25, 0.3) is 0 Å². The summed E-state index contributed by atoms with van der Waals surface area (Å²) in [7, 11) is 1.76. The lowest BCUT2D eigenvalue weighted by Gasteiger charge is -2.31. The van der Waals surface area contributed by atoms with Crippen molar-refractivity contribution in [3.8, 4) is 28.4 Å². The summed E-state index contributed by atoms with van der Waals surface area (Å²) in [4.78, 5) is 18.3. The van der Waals surface area contributed by atoms with Crippen LogP contribution >= 0.6 is 0 Å². The smallest absolute Gasteiger partial charge is 0.415 e. The molecule has 0 bridgehead atoms. The Balaban J connectivity index is 1.46. The van der Waals surface area contributed by atoms with Gasteiger partial charge >= 0.3 is 6.09 Å². The molecule has 2 aliphatic heterocycles. The van der Waals surface area contributed by atoms with E-state index in [0.29, 0.717) is 29.6 Å². The van der Waals surface area contributed by atoms with Gasteiger partial charge in [0.2, 0.25) is 0 Å². The summed E-state index contributed by atoms with van der Waals surface area (Å²) in [5, 5.41) is 11.4. The molecule has 10 nitrogen and oxygen atoms in total. The fraction of sp³-hybridized carbons (Fsp3) is 0.278. The zero-order valence-corrected chi connectivity index (χ0v) is 15.0. The lowest BCUT2D eigenvalue weighted by molar-refractivity contribution is 0.126. The number of hydrogen-bond donors (Lipinski definition) is 1. The SMILES string of the molecule is Cn1nnnc1-c1ccc(-c2ccc3c(c2)OC[C@H]2[C@H](CN)OC(=O)N32)cn1. The molecule has 0 unspecified atom stereocenters. The first kappa shape index (κ1) is 16.6. The van der Waals surface area contributed by atoms with Crippen molar-refractivity contribution >= 4 is 11.8 Å². The molecule has 1 fully saturated rings. The molecule has 0 aliphatic carbocycles. The fourth-order valence-corrected chi connectivity index (χ4v) is 3.56. The van der Waals surface area contributed by atoms with E-state index in [-0.39, 0.29) is 24.8 Å². The first-order valence-electron chi connectivity index (χ1n) is 8.81. The van der Waals surface area contributed by atoms with Crippen LogP contribution in [-0.4, -0.2) is 56.6 Å². The second-order valence-electron chi connectivity index (χ2n) is 6.65. The predicted octanol–water partition coefficient (Wildman–Crippen LogP) is 0.984. The summed E-state index contributed by atoms with van der Waals surface area (Å²) >= 11 is 0. The molecule has 3 aromatic rings. The maximum Gasteiger partial charge on any atom is 0.415 e. The maximum atomic E-state index is 12.2. The van der Waals surface area contributed by atoms with Crippen LogP contribution in [-0.2, 0) is 11.8 Å². The first-order chi connectivity index (χ1) is 13.7. The normalized spacial score (nSPS) is 20.4. The molecule has 4 heterocycles. The highest BCUT2D eigenvalue weighted by atomic mass is 16.6. The van der Waals surface area contributed by atoms with Crippen LogP contribution in [0.3, 0.4) is 0 Å². The molecule has 2 aromatic heterocycles. The number of amides is 1. The number of nitrogens with zero attached hydrogens (tertiary/aromatic N) is 6. The van der Waals surface area contributed by atoms with Crippen LogP contribution in [0, 0.1) is 0 Å². The lowest BCUT2D eigenvalue weighted by atomic mass is 10.0. The molecule has 1 aromatic carbocycles. The van der Waals surface area contributed by atoms with Gasteiger partial charge in [-0.25, -0.2) is 9.48 Å². The van der Waals surface area contributed by atoms with Gasteiger partial charge in [-0.05, 0) is 34.2 Å². The third-order valence-corrected chi connectivity index (χ3v) is 5.02. The molecule has 28 heavy (non-hydrogen) atoms. The largest absolute Gasteiger partial charge is 0.489 e. The van der Waals surface area contributed by atoms with Gasteiger partial charge in [0.05, 0.1) is 5.69 Å². The quantitative estimate of drug-likeness (QED) is 0.715. The third kappa shape index (κ3) is 2.49. The number of benzene rings is 1. The minimum Gasteiger partial charge on any atom is -0.489 e. The van der Waals surface area contributed by atoms with Crippen molar-refractivity contribution in [2.45, 2.75) is 12.1 Å². The summed E-state index contributed by atoms with van der Waals surface area (Å²) < 4.78 is 12.8. The van der Waals surface area contributed by atoms with Gasteiger partial charge in [-0.3, -0.25) is 9.88 Å². The molecular weight excluding hydrogens is 362 g/mol. The van der Waals surface area contributed by atoms with Crippen LogP contribution in [0.4, 0.5) is 10.5 Å². The summed E-state index contributed by atoms with van der Waals surface area (Å²) in [5.74, 6) is 1.22. The number of carbonyl (C=O) groups is 1. The molecule has 10 heteroatoms. The van der Waals surface area contributed by atoms with Crippen LogP contribution < -0.4 is 15.4 Å². The number of cyclic esters (lactones) is 1. The first-order valence-corrected chi connectivity index (χ1v) is 8.81. The molecule has 0 spiro atoms. The predicted molar refractivity (Wildman–Crippen MR) is 98.6 cm³/mol. The molecule has 0 saturated carbocycles. The topological polar surface area (TPSA) is 121 Å². The summed E-state index contributed by atoms with van der Waals surface area (Å²) in [5.41, 5.74) is 8.91. The monoisotopic (exact) mass is 379 g/mol. The summed E-state index contributed by atoms with van der Waals surface area (Å²) in [6.07, 6.45) is 1.01. The number of aromatic nitrogens is 5. The molecule has 1 amide bonds. The van der Waals surface area contributed by atoms with E-state index in [1.165, 1.54) is 0 Å². The Hall–Kier alpha value is -3.53. The third-order valence-electron chi connectivity index (χ3n) is 5.02. The van der Waals surface area contributed by atoms with Crippen molar-refractivity contribution in [3.05, 3.63) is 36.5 Å². The number of rotatable bonds is 3. The molecule has 2 N–H and O–H groups in total. The van der Waals surface area contributed by atoms with Crippen molar-refractivity contribution in [2.24, 2.45) is 12.8 Å². The highest BCUT2D eigenvalue weighted by molar-refractivity contribution is 5.94. The Morgan fingerprint density at radius 2 is 2.11 bits per heavy atom. The number of tetrazole rings is 1. The van der Waals surface area contributed by atoms with Crippen molar-refractivity contribution in [1.82, 2.24) is 25.2 Å². The van der Waals surface area contributed by atoms with Crippen molar-refractivity contribution in [2.75, 3.05) is 18.1 Å². The van der Waals surface area contributed by atoms with Crippen LogP contribution in [0.2, 0.25) is 0 Å². The van der Waals surface area contributed by atoms with Crippen molar-refractivity contribution in [3.63, 3.8) is 0 Å². The second-order valence-corrected chi connectivity index (χ2v) is 6.65. The van der Waals surface area contributed by atoms with E-state index in [9.17, 15) is 4.79 Å². The highest BCUT2D eigenvalue weighted by Crippen LogP contribution is 2.40. The number of nitrogens with two attached hydrogens (primary N) is 1. The van der Waals surface area contributed by atoms with E-state index in [1.807, 2.05) is 30.3 Å². The Kier molecular flexibility index (Phi) is 3.72. The molecule has 2 atom stereocenters. The van der Waals surface area contributed by atoms with E-state index in [1.54, 1.807) is 22.8 Å². The number of aryl methyl sites for hydroxylation is 1. The number of ether oxygens (including phenoxy) is 2. The van der Waals surface area contributed by atoms with Crippen LogP contribution in [0.25, 0.3) is 22.6 Å². The van der Waals surface area contributed by atoms with Gasteiger partial charge in [-0.2, -0.15) is 0 Å². The van der Waals surface area contributed by atoms with Crippen LogP contribution in [0.1, 0.15) is 0 Å².